The smallest absolute Gasteiger partial charge is 0.308 e. The number of carbonyl (C=O) groups excluding carboxylic acids is 1. The van der Waals surface area contributed by atoms with Gasteiger partial charge in [0.15, 0.2) is 0 Å². The standard InChI is InChI=1S/C14H18O2/c1-10(2)14(15)16-13-9-5-7-11-6-3-4-8-12(11)13/h3-4,6,8,10,13H,5,7,9H2,1-2H3. The highest BCUT2D eigenvalue weighted by Crippen LogP contribution is 2.32. The second-order valence-corrected chi connectivity index (χ2v) is 4.67. The highest BCUT2D eigenvalue weighted by atomic mass is 16.5. The molecule has 1 aliphatic rings. The van der Waals surface area contributed by atoms with E-state index in [1.54, 1.807) is 0 Å². The van der Waals surface area contributed by atoms with Gasteiger partial charge in [-0.05, 0) is 30.4 Å². The first-order chi connectivity index (χ1) is 7.68. The monoisotopic (exact) mass is 218 g/mol. The first kappa shape index (κ1) is 11.2. The Bertz CT molecular complexity index is 382. The van der Waals surface area contributed by atoms with E-state index < -0.39 is 0 Å². The lowest BCUT2D eigenvalue weighted by Crippen LogP contribution is -2.19. The fourth-order valence-electron chi connectivity index (χ4n) is 2.11. The second-order valence-electron chi connectivity index (χ2n) is 4.67. The van der Waals surface area contributed by atoms with Gasteiger partial charge in [-0.15, -0.1) is 0 Å². The average Bonchev–Trinajstić information content (AvgIpc) is 2.29. The maximum absolute atomic E-state index is 11.6. The maximum atomic E-state index is 11.6. The minimum atomic E-state index is -0.0956. The second kappa shape index (κ2) is 4.69. The van der Waals surface area contributed by atoms with Crippen molar-refractivity contribution in [3.8, 4) is 0 Å². The summed E-state index contributed by atoms with van der Waals surface area (Å²) in [6.07, 6.45) is 3.13. The Hall–Kier alpha value is -1.31. The average molecular weight is 218 g/mol. The maximum Gasteiger partial charge on any atom is 0.308 e. The van der Waals surface area contributed by atoms with Gasteiger partial charge < -0.3 is 4.74 Å². The number of ether oxygens (including phenoxy) is 1. The van der Waals surface area contributed by atoms with Crippen molar-refractivity contribution in [3.05, 3.63) is 35.4 Å². The van der Waals surface area contributed by atoms with E-state index in [9.17, 15) is 4.79 Å². The van der Waals surface area contributed by atoms with Gasteiger partial charge in [-0.1, -0.05) is 38.1 Å². The van der Waals surface area contributed by atoms with Gasteiger partial charge in [-0.3, -0.25) is 4.79 Å². The molecule has 0 saturated heterocycles. The van der Waals surface area contributed by atoms with Crippen LogP contribution in [-0.2, 0) is 16.0 Å². The quantitative estimate of drug-likeness (QED) is 0.712. The minimum absolute atomic E-state index is 0.0279. The van der Waals surface area contributed by atoms with Crippen molar-refractivity contribution in [1.82, 2.24) is 0 Å². The summed E-state index contributed by atoms with van der Waals surface area (Å²) in [6, 6.07) is 8.27. The summed E-state index contributed by atoms with van der Waals surface area (Å²) < 4.78 is 5.54. The van der Waals surface area contributed by atoms with Gasteiger partial charge in [0.1, 0.15) is 6.10 Å². The lowest BCUT2D eigenvalue weighted by atomic mass is 9.89. The summed E-state index contributed by atoms with van der Waals surface area (Å²) in [6.45, 7) is 3.74. The molecule has 1 aliphatic carbocycles. The predicted molar refractivity (Wildman–Crippen MR) is 63.1 cm³/mol. The van der Waals surface area contributed by atoms with Crippen LogP contribution >= 0.6 is 0 Å². The van der Waals surface area contributed by atoms with Crippen molar-refractivity contribution in [3.63, 3.8) is 0 Å². The van der Waals surface area contributed by atoms with Crippen LogP contribution in [-0.4, -0.2) is 5.97 Å². The molecule has 2 rings (SSSR count). The summed E-state index contributed by atoms with van der Waals surface area (Å²) in [5, 5.41) is 0. The minimum Gasteiger partial charge on any atom is -0.457 e. The molecular weight excluding hydrogens is 200 g/mol. The molecule has 86 valence electrons. The fraction of sp³-hybridized carbons (Fsp3) is 0.500. The van der Waals surface area contributed by atoms with Crippen molar-refractivity contribution < 1.29 is 9.53 Å². The zero-order valence-corrected chi connectivity index (χ0v) is 9.90. The van der Waals surface area contributed by atoms with E-state index >= 15 is 0 Å². The molecule has 0 radical (unpaired) electrons. The number of hydrogen-bond acceptors (Lipinski definition) is 2. The lowest BCUT2D eigenvalue weighted by molar-refractivity contribution is -0.154. The molecule has 0 heterocycles. The molecular formula is C14H18O2. The summed E-state index contributed by atoms with van der Waals surface area (Å²) in [4.78, 5) is 11.6. The van der Waals surface area contributed by atoms with E-state index in [4.69, 9.17) is 4.74 Å². The van der Waals surface area contributed by atoms with Crippen LogP contribution in [0.4, 0.5) is 0 Å². The van der Waals surface area contributed by atoms with Crippen LogP contribution in [0.15, 0.2) is 24.3 Å². The number of aryl methyl sites for hydroxylation is 1. The van der Waals surface area contributed by atoms with E-state index in [1.165, 1.54) is 11.1 Å². The Balaban J connectivity index is 2.16. The highest BCUT2D eigenvalue weighted by molar-refractivity contribution is 5.71. The van der Waals surface area contributed by atoms with Crippen molar-refractivity contribution in [1.29, 1.82) is 0 Å². The van der Waals surface area contributed by atoms with Gasteiger partial charge in [0.05, 0.1) is 5.92 Å². The molecule has 0 saturated carbocycles. The third-order valence-corrected chi connectivity index (χ3v) is 3.04. The molecule has 0 aromatic heterocycles. The van der Waals surface area contributed by atoms with Crippen LogP contribution in [0.5, 0.6) is 0 Å². The van der Waals surface area contributed by atoms with Crippen LogP contribution in [0.1, 0.15) is 43.9 Å². The summed E-state index contributed by atoms with van der Waals surface area (Å²) in [7, 11) is 0. The van der Waals surface area contributed by atoms with Gasteiger partial charge in [-0.2, -0.15) is 0 Å². The van der Waals surface area contributed by atoms with Gasteiger partial charge in [0, 0.05) is 0 Å². The first-order valence-electron chi connectivity index (χ1n) is 5.97. The molecule has 2 heteroatoms. The molecule has 0 aliphatic heterocycles. The van der Waals surface area contributed by atoms with Crippen molar-refractivity contribution in [2.75, 3.05) is 0 Å². The molecule has 16 heavy (non-hydrogen) atoms. The molecule has 0 N–H and O–H groups in total. The normalized spacial score (nSPS) is 19.3. The SMILES string of the molecule is CC(C)C(=O)OC1CCCc2ccccc21. The molecule has 0 fully saturated rings. The van der Waals surface area contributed by atoms with Gasteiger partial charge >= 0.3 is 5.97 Å². The molecule has 1 unspecified atom stereocenters. The first-order valence-corrected chi connectivity index (χ1v) is 5.97. The zero-order chi connectivity index (χ0) is 11.5. The molecule has 0 amide bonds. The number of benzene rings is 1. The Morgan fingerprint density at radius 1 is 1.38 bits per heavy atom. The van der Waals surface area contributed by atoms with Crippen LogP contribution < -0.4 is 0 Å². The molecule has 1 atom stereocenters. The summed E-state index contributed by atoms with van der Waals surface area (Å²) in [5.74, 6) is -0.143. The molecule has 1 aromatic carbocycles. The summed E-state index contributed by atoms with van der Waals surface area (Å²) in [5.41, 5.74) is 2.53. The highest BCUT2D eigenvalue weighted by Gasteiger charge is 2.23. The summed E-state index contributed by atoms with van der Waals surface area (Å²) >= 11 is 0. The van der Waals surface area contributed by atoms with Crippen LogP contribution in [0.3, 0.4) is 0 Å². The fourth-order valence-corrected chi connectivity index (χ4v) is 2.11. The molecule has 1 aromatic rings. The molecule has 0 bridgehead atoms. The number of rotatable bonds is 2. The number of esters is 1. The van der Waals surface area contributed by atoms with E-state index in [1.807, 2.05) is 26.0 Å². The molecule has 2 nitrogen and oxygen atoms in total. The number of carbonyl (C=O) groups is 1. The van der Waals surface area contributed by atoms with Crippen molar-refractivity contribution in [2.45, 2.75) is 39.2 Å². The predicted octanol–water partition coefficient (Wildman–Crippen LogP) is 3.26. The van der Waals surface area contributed by atoms with E-state index in [2.05, 4.69) is 12.1 Å². The van der Waals surface area contributed by atoms with Crippen LogP contribution in [0.25, 0.3) is 0 Å². The van der Waals surface area contributed by atoms with Crippen molar-refractivity contribution in [2.24, 2.45) is 5.92 Å². The van der Waals surface area contributed by atoms with E-state index in [-0.39, 0.29) is 18.0 Å². The van der Waals surface area contributed by atoms with Crippen LogP contribution in [0.2, 0.25) is 0 Å². The van der Waals surface area contributed by atoms with Gasteiger partial charge in [0.25, 0.3) is 0 Å². The van der Waals surface area contributed by atoms with Gasteiger partial charge in [-0.25, -0.2) is 0 Å². The third kappa shape index (κ3) is 2.26. The van der Waals surface area contributed by atoms with Gasteiger partial charge in [0.2, 0.25) is 0 Å². The number of hydrogen-bond donors (Lipinski definition) is 0. The van der Waals surface area contributed by atoms with Crippen LogP contribution in [0, 0.1) is 5.92 Å². The number of fused-ring (bicyclic) bond motifs is 1. The largest absolute Gasteiger partial charge is 0.457 e. The van der Waals surface area contributed by atoms with E-state index in [0.717, 1.165) is 19.3 Å². The Labute approximate surface area is 96.6 Å². The van der Waals surface area contributed by atoms with E-state index in [0.29, 0.717) is 0 Å². The topological polar surface area (TPSA) is 26.3 Å². The third-order valence-electron chi connectivity index (χ3n) is 3.04. The Morgan fingerprint density at radius 3 is 2.88 bits per heavy atom. The Kier molecular flexibility index (Phi) is 3.28. The molecule has 0 spiro atoms. The lowest BCUT2D eigenvalue weighted by Gasteiger charge is -2.26. The zero-order valence-electron chi connectivity index (χ0n) is 9.90. The Morgan fingerprint density at radius 2 is 2.12 bits per heavy atom. The van der Waals surface area contributed by atoms with Crippen molar-refractivity contribution >= 4 is 5.97 Å².